The van der Waals surface area contributed by atoms with Crippen molar-refractivity contribution in [1.29, 1.82) is 5.26 Å². The Bertz CT molecular complexity index is 1280. The van der Waals surface area contributed by atoms with Gasteiger partial charge < -0.3 is 14.8 Å². The van der Waals surface area contributed by atoms with E-state index in [0.29, 0.717) is 35.9 Å². The molecule has 1 N–H and O–H groups in total. The maximum absolute atomic E-state index is 12.9. The molecule has 0 atom stereocenters. The van der Waals surface area contributed by atoms with Crippen LogP contribution < -0.4 is 14.8 Å². The molecule has 0 aliphatic rings. The van der Waals surface area contributed by atoms with Gasteiger partial charge in [0.2, 0.25) is 5.88 Å². The fourth-order valence-electron chi connectivity index (χ4n) is 3.28. The zero-order valence-corrected chi connectivity index (χ0v) is 18.5. The molecule has 0 radical (unpaired) electrons. The van der Waals surface area contributed by atoms with Gasteiger partial charge in [0, 0.05) is 29.1 Å². The number of anilines is 1. The SMILES string of the molecule is N#CCc1ccc(OCc2ccccc2NC(=O)c2ccnc(OCc3ccccc3)c2)cc1. The van der Waals surface area contributed by atoms with Crippen LogP contribution in [-0.2, 0) is 19.6 Å². The Morgan fingerprint density at radius 3 is 2.41 bits per heavy atom. The van der Waals surface area contributed by atoms with E-state index < -0.39 is 0 Å². The molecule has 1 heterocycles. The molecule has 0 aliphatic heterocycles. The van der Waals surface area contributed by atoms with Crippen molar-refractivity contribution in [3.8, 4) is 17.7 Å². The second-order valence-corrected chi connectivity index (χ2v) is 7.54. The van der Waals surface area contributed by atoms with Gasteiger partial charge in [0.05, 0.1) is 12.5 Å². The van der Waals surface area contributed by atoms with Gasteiger partial charge >= 0.3 is 0 Å². The van der Waals surface area contributed by atoms with Crippen molar-refractivity contribution in [1.82, 2.24) is 4.98 Å². The number of para-hydroxylation sites is 1. The Morgan fingerprint density at radius 1 is 0.853 bits per heavy atom. The minimum Gasteiger partial charge on any atom is -0.489 e. The van der Waals surface area contributed by atoms with E-state index in [4.69, 9.17) is 14.7 Å². The lowest BCUT2D eigenvalue weighted by Gasteiger charge is -2.13. The summed E-state index contributed by atoms with van der Waals surface area (Å²) in [4.78, 5) is 17.1. The van der Waals surface area contributed by atoms with Crippen LogP contribution in [0, 0.1) is 11.3 Å². The van der Waals surface area contributed by atoms with E-state index in [9.17, 15) is 4.79 Å². The lowest BCUT2D eigenvalue weighted by molar-refractivity contribution is 0.102. The van der Waals surface area contributed by atoms with E-state index in [2.05, 4.69) is 16.4 Å². The number of carbonyl (C=O) groups is 1. The molecule has 4 rings (SSSR count). The Labute approximate surface area is 198 Å². The predicted molar refractivity (Wildman–Crippen MR) is 129 cm³/mol. The molecular weight excluding hydrogens is 426 g/mol. The number of aromatic nitrogens is 1. The maximum Gasteiger partial charge on any atom is 0.255 e. The van der Waals surface area contributed by atoms with Gasteiger partial charge in [0.15, 0.2) is 0 Å². The topological polar surface area (TPSA) is 84.2 Å². The smallest absolute Gasteiger partial charge is 0.255 e. The number of pyridine rings is 1. The summed E-state index contributed by atoms with van der Waals surface area (Å²) in [7, 11) is 0. The molecule has 168 valence electrons. The van der Waals surface area contributed by atoms with Crippen LogP contribution in [0.25, 0.3) is 0 Å². The summed E-state index contributed by atoms with van der Waals surface area (Å²) in [5, 5.41) is 11.7. The van der Waals surface area contributed by atoms with Gasteiger partial charge in [0.1, 0.15) is 19.0 Å². The summed E-state index contributed by atoms with van der Waals surface area (Å²) >= 11 is 0. The van der Waals surface area contributed by atoms with E-state index in [1.807, 2.05) is 78.9 Å². The molecule has 0 unspecified atom stereocenters. The first-order valence-corrected chi connectivity index (χ1v) is 10.8. The van der Waals surface area contributed by atoms with Crippen molar-refractivity contribution in [2.24, 2.45) is 0 Å². The molecule has 1 amide bonds. The minimum absolute atomic E-state index is 0.264. The van der Waals surface area contributed by atoms with Gasteiger partial charge in [0.25, 0.3) is 5.91 Å². The number of nitrogens with zero attached hydrogens (tertiary/aromatic N) is 2. The first-order chi connectivity index (χ1) is 16.7. The van der Waals surface area contributed by atoms with Crippen molar-refractivity contribution in [3.63, 3.8) is 0 Å². The van der Waals surface area contributed by atoms with E-state index >= 15 is 0 Å². The highest BCUT2D eigenvalue weighted by molar-refractivity contribution is 6.04. The second kappa shape index (κ2) is 11.3. The molecule has 4 aromatic rings. The molecule has 0 spiro atoms. The first kappa shape index (κ1) is 22.6. The Kier molecular flexibility index (Phi) is 7.50. The molecule has 0 saturated heterocycles. The second-order valence-electron chi connectivity index (χ2n) is 7.54. The summed E-state index contributed by atoms with van der Waals surface area (Å²) in [6, 6.07) is 30.1. The van der Waals surface area contributed by atoms with Gasteiger partial charge in [-0.2, -0.15) is 5.26 Å². The third kappa shape index (κ3) is 6.21. The summed E-state index contributed by atoms with van der Waals surface area (Å²) < 4.78 is 11.6. The van der Waals surface area contributed by atoms with E-state index in [0.717, 1.165) is 16.7 Å². The first-order valence-electron chi connectivity index (χ1n) is 10.8. The van der Waals surface area contributed by atoms with Crippen molar-refractivity contribution >= 4 is 11.6 Å². The number of hydrogen-bond donors (Lipinski definition) is 1. The third-order valence-corrected chi connectivity index (χ3v) is 5.09. The number of hydrogen-bond acceptors (Lipinski definition) is 5. The van der Waals surface area contributed by atoms with Gasteiger partial charge in [-0.3, -0.25) is 4.79 Å². The van der Waals surface area contributed by atoms with E-state index in [1.54, 1.807) is 18.3 Å². The van der Waals surface area contributed by atoms with E-state index in [1.165, 1.54) is 0 Å². The lowest BCUT2D eigenvalue weighted by atomic mass is 10.1. The molecule has 0 bridgehead atoms. The van der Waals surface area contributed by atoms with Crippen LogP contribution in [0.1, 0.15) is 27.0 Å². The highest BCUT2D eigenvalue weighted by Crippen LogP contribution is 2.21. The zero-order chi connectivity index (χ0) is 23.6. The van der Waals surface area contributed by atoms with Crippen LogP contribution in [0.3, 0.4) is 0 Å². The van der Waals surface area contributed by atoms with Crippen LogP contribution in [0.15, 0.2) is 97.2 Å². The molecule has 6 nitrogen and oxygen atoms in total. The molecular formula is C28H23N3O3. The summed E-state index contributed by atoms with van der Waals surface area (Å²) in [5.74, 6) is 0.811. The molecule has 1 aromatic heterocycles. The summed E-state index contributed by atoms with van der Waals surface area (Å²) in [6.07, 6.45) is 1.92. The largest absolute Gasteiger partial charge is 0.489 e. The van der Waals surface area contributed by atoms with Crippen molar-refractivity contribution in [2.45, 2.75) is 19.6 Å². The van der Waals surface area contributed by atoms with Gasteiger partial charge in [-0.25, -0.2) is 4.98 Å². The average Bonchev–Trinajstić information content (AvgIpc) is 2.89. The molecule has 0 saturated carbocycles. The number of benzene rings is 3. The summed E-state index contributed by atoms with van der Waals surface area (Å²) in [5.41, 5.74) is 3.91. The zero-order valence-electron chi connectivity index (χ0n) is 18.5. The van der Waals surface area contributed by atoms with Crippen LogP contribution in [0.2, 0.25) is 0 Å². The van der Waals surface area contributed by atoms with Gasteiger partial charge in [-0.05, 0) is 35.4 Å². The third-order valence-electron chi connectivity index (χ3n) is 5.09. The standard InChI is InChI=1S/C28H23N3O3/c29-16-14-21-10-12-25(13-11-21)33-20-24-8-4-5-9-26(24)31-28(32)23-15-17-30-27(18-23)34-19-22-6-2-1-3-7-22/h1-13,15,17-18H,14,19-20H2,(H,31,32). The monoisotopic (exact) mass is 449 g/mol. The van der Waals surface area contributed by atoms with Crippen LogP contribution >= 0.6 is 0 Å². The highest BCUT2D eigenvalue weighted by atomic mass is 16.5. The summed E-state index contributed by atoms with van der Waals surface area (Å²) in [6.45, 7) is 0.659. The molecule has 3 aromatic carbocycles. The number of amides is 1. The average molecular weight is 450 g/mol. The van der Waals surface area contributed by atoms with Gasteiger partial charge in [-0.15, -0.1) is 0 Å². The van der Waals surface area contributed by atoms with Gasteiger partial charge in [-0.1, -0.05) is 60.7 Å². The maximum atomic E-state index is 12.9. The Hall–Kier alpha value is -4.63. The predicted octanol–water partition coefficient (Wildman–Crippen LogP) is 5.56. The van der Waals surface area contributed by atoms with Crippen molar-refractivity contribution < 1.29 is 14.3 Å². The van der Waals surface area contributed by atoms with Crippen LogP contribution in [-0.4, -0.2) is 10.9 Å². The van der Waals surface area contributed by atoms with Crippen molar-refractivity contribution in [3.05, 3.63) is 119 Å². The van der Waals surface area contributed by atoms with E-state index in [-0.39, 0.29) is 12.5 Å². The molecule has 0 aliphatic carbocycles. The quantitative estimate of drug-likeness (QED) is 0.362. The molecule has 6 heteroatoms. The number of carbonyl (C=O) groups excluding carboxylic acids is 1. The lowest BCUT2D eigenvalue weighted by Crippen LogP contribution is -2.14. The van der Waals surface area contributed by atoms with Crippen molar-refractivity contribution in [2.75, 3.05) is 5.32 Å². The number of rotatable bonds is 9. The molecule has 34 heavy (non-hydrogen) atoms. The minimum atomic E-state index is -0.264. The normalized spacial score (nSPS) is 10.2. The fraction of sp³-hybridized carbons (Fsp3) is 0.107. The van der Waals surface area contributed by atoms with Crippen LogP contribution in [0.4, 0.5) is 5.69 Å². The molecule has 0 fully saturated rings. The highest BCUT2D eigenvalue weighted by Gasteiger charge is 2.11. The number of nitrogens with one attached hydrogen (secondary N) is 1. The van der Waals surface area contributed by atoms with Crippen LogP contribution in [0.5, 0.6) is 11.6 Å². The fourth-order valence-corrected chi connectivity index (χ4v) is 3.28. The Morgan fingerprint density at radius 2 is 1.62 bits per heavy atom. The Balaban J connectivity index is 1.39. The number of nitriles is 1. The number of ether oxygens (including phenoxy) is 2.